The molecule has 1 aliphatic rings. The van der Waals surface area contributed by atoms with Crippen LogP contribution in [0, 0.1) is 6.92 Å². The van der Waals surface area contributed by atoms with Gasteiger partial charge in [-0.15, -0.1) is 0 Å². The highest BCUT2D eigenvalue weighted by Gasteiger charge is 2.35. The third-order valence-electron chi connectivity index (χ3n) is 6.43. The van der Waals surface area contributed by atoms with Gasteiger partial charge in [0.25, 0.3) is 5.56 Å². The molecule has 0 radical (unpaired) electrons. The molecular weight excluding hydrogens is 535 g/mol. The molecular formula is C25H24Cl2N6O3S. The van der Waals surface area contributed by atoms with Gasteiger partial charge in [-0.2, -0.15) is 14.1 Å². The van der Waals surface area contributed by atoms with E-state index >= 15 is 0 Å². The molecule has 0 unspecified atom stereocenters. The number of aromatic nitrogens is 4. The molecule has 0 bridgehead atoms. The van der Waals surface area contributed by atoms with Crippen LogP contribution in [0.15, 0.2) is 47.4 Å². The van der Waals surface area contributed by atoms with Gasteiger partial charge in [0.1, 0.15) is 11.2 Å². The van der Waals surface area contributed by atoms with Crippen LogP contribution in [0.25, 0.3) is 16.6 Å². The summed E-state index contributed by atoms with van der Waals surface area (Å²) in [7, 11) is -3.34. The van der Waals surface area contributed by atoms with Gasteiger partial charge in [-0.1, -0.05) is 49.2 Å². The van der Waals surface area contributed by atoms with E-state index in [0.29, 0.717) is 45.7 Å². The first-order valence-corrected chi connectivity index (χ1v) is 14.0. The lowest BCUT2D eigenvalue weighted by atomic mass is 9.79. The molecule has 0 aliphatic carbocycles. The van der Waals surface area contributed by atoms with Crippen molar-refractivity contribution in [3.8, 4) is 5.69 Å². The zero-order chi connectivity index (χ0) is 26.7. The Morgan fingerprint density at radius 3 is 2.49 bits per heavy atom. The summed E-state index contributed by atoms with van der Waals surface area (Å²) in [4.78, 5) is 22.1. The molecule has 0 atom stereocenters. The van der Waals surface area contributed by atoms with Crippen molar-refractivity contribution in [1.29, 1.82) is 0 Å². The number of aryl methyl sites for hydroxylation is 1. The summed E-state index contributed by atoms with van der Waals surface area (Å²) in [6.45, 7) is 6.50. The Bertz CT molecular complexity index is 1720. The molecule has 4 aromatic rings. The SMILES string of the molecule is Cc1nn(-c2c(Cl)cccc2Cl)c(=O)c2cnc(Nc3ccc4c(c3)CN(S(C)(=O)=O)CC4(C)C)nc12. The Labute approximate surface area is 224 Å². The van der Waals surface area contributed by atoms with E-state index in [4.69, 9.17) is 23.2 Å². The Hall–Kier alpha value is -3.05. The van der Waals surface area contributed by atoms with Crippen molar-refractivity contribution in [3.05, 3.63) is 79.8 Å². The van der Waals surface area contributed by atoms with E-state index in [-0.39, 0.29) is 16.7 Å². The zero-order valence-corrected chi connectivity index (χ0v) is 22.9. The highest BCUT2D eigenvalue weighted by Crippen LogP contribution is 2.36. The first-order valence-electron chi connectivity index (χ1n) is 11.4. The van der Waals surface area contributed by atoms with Crippen molar-refractivity contribution >= 4 is 55.8 Å². The van der Waals surface area contributed by atoms with Crippen LogP contribution >= 0.6 is 23.2 Å². The minimum absolute atomic E-state index is 0.269. The number of sulfonamides is 1. The number of benzene rings is 2. The molecule has 5 rings (SSSR count). The van der Waals surface area contributed by atoms with Gasteiger partial charge >= 0.3 is 0 Å². The van der Waals surface area contributed by atoms with Gasteiger partial charge in [-0.3, -0.25) is 4.79 Å². The molecule has 0 amide bonds. The average molecular weight is 559 g/mol. The highest BCUT2D eigenvalue weighted by atomic mass is 35.5. The van der Waals surface area contributed by atoms with E-state index in [2.05, 4.69) is 20.4 Å². The molecule has 1 N–H and O–H groups in total. The maximum absolute atomic E-state index is 13.2. The molecule has 0 spiro atoms. The Balaban J connectivity index is 1.52. The fraction of sp³-hybridized carbons (Fsp3) is 0.280. The average Bonchev–Trinajstić information content (AvgIpc) is 2.81. The molecule has 0 fully saturated rings. The number of hydrogen-bond acceptors (Lipinski definition) is 7. The highest BCUT2D eigenvalue weighted by molar-refractivity contribution is 7.88. The summed E-state index contributed by atoms with van der Waals surface area (Å²) >= 11 is 12.6. The smallest absolute Gasteiger partial charge is 0.282 e. The molecule has 2 aromatic heterocycles. The molecule has 37 heavy (non-hydrogen) atoms. The largest absolute Gasteiger partial charge is 0.324 e. The Kier molecular flexibility index (Phi) is 6.26. The topological polar surface area (TPSA) is 110 Å². The lowest BCUT2D eigenvalue weighted by Gasteiger charge is -2.38. The third kappa shape index (κ3) is 4.70. The number of nitrogens with zero attached hydrogens (tertiary/aromatic N) is 5. The van der Waals surface area contributed by atoms with Crippen LogP contribution in [0.4, 0.5) is 11.6 Å². The first-order chi connectivity index (χ1) is 17.3. The number of rotatable bonds is 4. The second-order valence-corrected chi connectivity index (χ2v) is 12.5. The van der Waals surface area contributed by atoms with Crippen molar-refractivity contribution in [2.24, 2.45) is 0 Å². The van der Waals surface area contributed by atoms with E-state index in [0.717, 1.165) is 15.8 Å². The molecule has 12 heteroatoms. The lowest BCUT2D eigenvalue weighted by Crippen LogP contribution is -2.44. The molecule has 1 aliphatic heterocycles. The van der Waals surface area contributed by atoms with E-state index in [9.17, 15) is 13.2 Å². The van der Waals surface area contributed by atoms with Crippen LogP contribution in [0.1, 0.15) is 30.7 Å². The van der Waals surface area contributed by atoms with Gasteiger partial charge in [0.15, 0.2) is 0 Å². The predicted octanol–water partition coefficient (Wildman–Crippen LogP) is 4.59. The standard InChI is InChI=1S/C25H24Cl2N6O3S/c1-14-21-17(23(34)33(31-14)22-19(26)6-5-7-20(22)27)11-28-24(30-21)29-16-8-9-18-15(10-16)12-32(37(4,35)36)13-25(18,2)3/h5-11H,12-13H2,1-4H3,(H,28,29,30). The van der Waals surface area contributed by atoms with Gasteiger partial charge in [-0.05, 0) is 42.3 Å². The minimum atomic E-state index is -3.34. The summed E-state index contributed by atoms with van der Waals surface area (Å²) in [5.41, 5.74) is 3.10. The van der Waals surface area contributed by atoms with Crippen LogP contribution < -0.4 is 10.9 Å². The normalized spacial score (nSPS) is 15.5. The van der Waals surface area contributed by atoms with Crippen LogP contribution in [0.3, 0.4) is 0 Å². The van der Waals surface area contributed by atoms with Crippen molar-refractivity contribution in [1.82, 2.24) is 24.1 Å². The maximum Gasteiger partial charge on any atom is 0.282 e. The van der Waals surface area contributed by atoms with Crippen LogP contribution in [-0.2, 0) is 22.0 Å². The number of halogens is 2. The van der Waals surface area contributed by atoms with E-state index in [1.54, 1.807) is 25.1 Å². The Morgan fingerprint density at radius 2 is 1.81 bits per heavy atom. The zero-order valence-electron chi connectivity index (χ0n) is 20.6. The van der Waals surface area contributed by atoms with Gasteiger partial charge in [0.2, 0.25) is 16.0 Å². The molecule has 0 saturated heterocycles. The summed E-state index contributed by atoms with van der Waals surface area (Å²) in [5, 5.41) is 8.43. The second kappa shape index (κ2) is 9.05. The summed E-state index contributed by atoms with van der Waals surface area (Å²) in [5.74, 6) is 0.278. The fourth-order valence-electron chi connectivity index (χ4n) is 4.67. The molecule has 9 nitrogen and oxygen atoms in total. The number of anilines is 2. The van der Waals surface area contributed by atoms with E-state index in [1.165, 1.54) is 16.8 Å². The summed E-state index contributed by atoms with van der Waals surface area (Å²) < 4.78 is 27.1. The van der Waals surface area contributed by atoms with Crippen molar-refractivity contribution in [2.45, 2.75) is 32.7 Å². The van der Waals surface area contributed by atoms with Gasteiger partial charge in [-0.25, -0.2) is 18.4 Å². The van der Waals surface area contributed by atoms with Gasteiger partial charge in [0.05, 0.1) is 27.4 Å². The molecule has 2 aromatic carbocycles. The molecule has 0 saturated carbocycles. The number of fused-ring (bicyclic) bond motifs is 2. The van der Waals surface area contributed by atoms with Gasteiger partial charge in [0, 0.05) is 30.4 Å². The van der Waals surface area contributed by atoms with Gasteiger partial charge < -0.3 is 5.32 Å². The summed E-state index contributed by atoms with van der Waals surface area (Å²) in [6, 6.07) is 10.8. The third-order valence-corrected chi connectivity index (χ3v) is 8.24. The van der Waals surface area contributed by atoms with Crippen molar-refractivity contribution in [2.75, 3.05) is 18.1 Å². The van der Waals surface area contributed by atoms with E-state index < -0.39 is 15.6 Å². The molecule has 3 heterocycles. The maximum atomic E-state index is 13.2. The Morgan fingerprint density at radius 1 is 1.11 bits per heavy atom. The quantitative estimate of drug-likeness (QED) is 0.390. The molecule has 192 valence electrons. The first kappa shape index (κ1) is 25.6. The van der Waals surface area contributed by atoms with Crippen molar-refractivity contribution < 1.29 is 8.42 Å². The lowest BCUT2D eigenvalue weighted by molar-refractivity contribution is 0.302. The van der Waals surface area contributed by atoms with Crippen LogP contribution in [-0.4, -0.2) is 45.3 Å². The predicted molar refractivity (Wildman–Crippen MR) is 146 cm³/mol. The van der Waals surface area contributed by atoms with E-state index in [1.807, 2.05) is 32.0 Å². The second-order valence-electron chi connectivity index (χ2n) is 9.74. The fourth-order valence-corrected chi connectivity index (χ4v) is 6.16. The number of hydrogen-bond donors (Lipinski definition) is 1. The van der Waals surface area contributed by atoms with Crippen LogP contribution in [0.2, 0.25) is 10.0 Å². The van der Waals surface area contributed by atoms with Crippen LogP contribution in [0.5, 0.6) is 0 Å². The number of nitrogens with one attached hydrogen (secondary N) is 1. The summed E-state index contributed by atoms with van der Waals surface area (Å²) in [6.07, 6.45) is 2.67. The minimum Gasteiger partial charge on any atom is -0.324 e. The number of para-hydroxylation sites is 1. The van der Waals surface area contributed by atoms with Crippen molar-refractivity contribution in [3.63, 3.8) is 0 Å². The monoisotopic (exact) mass is 558 g/mol.